The highest BCUT2D eigenvalue weighted by molar-refractivity contribution is 5.21. The van der Waals surface area contributed by atoms with Crippen LogP contribution in [-0.4, -0.2) is 27.6 Å². The Morgan fingerprint density at radius 3 is 2.84 bits per heavy atom. The zero-order valence-corrected chi connectivity index (χ0v) is 10.6. The Kier molecular flexibility index (Phi) is 5.19. The highest BCUT2D eigenvalue weighted by Gasteiger charge is 2.14. The van der Waals surface area contributed by atoms with E-state index in [-0.39, 0.29) is 6.54 Å². The van der Waals surface area contributed by atoms with Gasteiger partial charge in [0.2, 0.25) is 0 Å². The van der Waals surface area contributed by atoms with E-state index in [0.717, 1.165) is 23.7 Å². The Labute approximate surface area is 108 Å². The van der Waals surface area contributed by atoms with E-state index >= 15 is 0 Å². The van der Waals surface area contributed by atoms with Crippen LogP contribution in [0.4, 0.5) is 5.69 Å². The molecule has 1 heterocycles. The Morgan fingerprint density at radius 1 is 1.58 bits per heavy atom. The molecule has 1 rings (SSSR count). The predicted octanol–water partition coefficient (Wildman–Crippen LogP) is 0.000600. The molecule has 0 spiro atoms. The van der Waals surface area contributed by atoms with E-state index in [1.165, 1.54) is 0 Å². The van der Waals surface area contributed by atoms with Crippen molar-refractivity contribution in [1.82, 2.24) is 14.9 Å². The summed E-state index contributed by atoms with van der Waals surface area (Å²) in [7, 11) is 0. The van der Waals surface area contributed by atoms with Crippen molar-refractivity contribution < 1.29 is 4.92 Å². The second-order valence-corrected chi connectivity index (χ2v) is 4.09. The first-order valence-corrected chi connectivity index (χ1v) is 5.81. The SMILES string of the molecule is C=C(CNCCC)Cn1cc([N+](=O)[O-])c(=O)[nH]c1=O. The molecule has 0 atom stereocenters. The monoisotopic (exact) mass is 268 g/mol. The van der Waals surface area contributed by atoms with Crippen LogP contribution in [0.25, 0.3) is 0 Å². The standard InChI is InChI=1S/C11H16N4O4/c1-3-4-12-5-8(2)6-14-7-9(15(18)19)10(16)13-11(14)17/h7,12H,2-6H2,1H3,(H,13,16,17). The fourth-order valence-electron chi connectivity index (χ4n) is 1.48. The molecule has 8 heteroatoms. The van der Waals surface area contributed by atoms with Crippen LogP contribution in [0.15, 0.2) is 27.9 Å². The summed E-state index contributed by atoms with van der Waals surface area (Å²) in [6, 6.07) is 0. The number of aromatic amines is 1. The molecule has 0 unspecified atom stereocenters. The number of nitrogens with zero attached hydrogens (tertiary/aromatic N) is 2. The average molecular weight is 268 g/mol. The number of nitro groups is 1. The summed E-state index contributed by atoms with van der Waals surface area (Å²) in [5, 5.41) is 13.7. The fourth-order valence-corrected chi connectivity index (χ4v) is 1.48. The van der Waals surface area contributed by atoms with Gasteiger partial charge in [-0.05, 0) is 18.5 Å². The van der Waals surface area contributed by atoms with E-state index in [9.17, 15) is 19.7 Å². The maximum absolute atomic E-state index is 11.5. The van der Waals surface area contributed by atoms with Crippen LogP contribution in [0.1, 0.15) is 13.3 Å². The minimum atomic E-state index is -0.999. The second kappa shape index (κ2) is 6.64. The molecule has 0 radical (unpaired) electrons. The molecule has 8 nitrogen and oxygen atoms in total. The highest BCUT2D eigenvalue weighted by Crippen LogP contribution is 2.01. The van der Waals surface area contributed by atoms with E-state index in [4.69, 9.17) is 0 Å². The molecule has 2 N–H and O–H groups in total. The third-order valence-corrected chi connectivity index (χ3v) is 2.38. The van der Waals surface area contributed by atoms with E-state index in [0.29, 0.717) is 12.1 Å². The third kappa shape index (κ3) is 4.18. The molecule has 0 saturated carbocycles. The van der Waals surface area contributed by atoms with Gasteiger partial charge in [-0.3, -0.25) is 24.5 Å². The largest absolute Gasteiger partial charge is 0.350 e. The zero-order chi connectivity index (χ0) is 14.4. The summed E-state index contributed by atoms with van der Waals surface area (Å²) in [6.45, 7) is 7.24. The molecule has 0 aliphatic rings. The number of nitrogens with one attached hydrogen (secondary N) is 2. The fraction of sp³-hybridized carbons (Fsp3) is 0.455. The number of aromatic nitrogens is 2. The number of hydrogen-bond donors (Lipinski definition) is 2. The van der Waals surface area contributed by atoms with Crippen LogP contribution in [0.3, 0.4) is 0 Å². The van der Waals surface area contributed by atoms with E-state index < -0.39 is 21.9 Å². The average Bonchev–Trinajstić information content (AvgIpc) is 2.32. The van der Waals surface area contributed by atoms with Crippen LogP contribution in [0.5, 0.6) is 0 Å². The van der Waals surface area contributed by atoms with Crippen molar-refractivity contribution >= 4 is 5.69 Å². The first-order chi connectivity index (χ1) is 8.95. The molecule has 0 bridgehead atoms. The van der Waals surface area contributed by atoms with E-state index in [1.54, 1.807) is 0 Å². The second-order valence-electron chi connectivity index (χ2n) is 4.09. The smallest absolute Gasteiger partial charge is 0.313 e. The van der Waals surface area contributed by atoms with Crippen LogP contribution in [0.2, 0.25) is 0 Å². The molecule has 0 amide bonds. The van der Waals surface area contributed by atoms with Gasteiger partial charge in [0.15, 0.2) is 0 Å². The first kappa shape index (κ1) is 14.8. The molecule has 0 aliphatic carbocycles. The molecule has 0 fully saturated rings. The van der Waals surface area contributed by atoms with Crippen LogP contribution >= 0.6 is 0 Å². The molecule has 19 heavy (non-hydrogen) atoms. The molecular formula is C11H16N4O4. The van der Waals surface area contributed by atoms with Crippen molar-refractivity contribution in [2.45, 2.75) is 19.9 Å². The van der Waals surface area contributed by atoms with Crippen molar-refractivity contribution in [3.63, 3.8) is 0 Å². The zero-order valence-electron chi connectivity index (χ0n) is 10.6. The lowest BCUT2D eigenvalue weighted by atomic mass is 10.3. The van der Waals surface area contributed by atoms with Gasteiger partial charge in [0.25, 0.3) is 0 Å². The summed E-state index contributed by atoms with van der Waals surface area (Å²) in [5.74, 6) is 0. The minimum absolute atomic E-state index is 0.118. The van der Waals surface area contributed by atoms with Crippen LogP contribution in [0, 0.1) is 10.1 Å². The number of hydrogen-bond acceptors (Lipinski definition) is 5. The van der Waals surface area contributed by atoms with Crippen molar-refractivity contribution in [2.24, 2.45) is 0 Å². The quantitative estimate of drug-likeness (QED) is 0.313. The van der Waals surface area contributed by atoms with Gasteiger partial charge in [-0.2, -0.15) is 0 Å². The maximum Gasteiger partial charge on any atom is 0.350 e. The van der Waals surface area contributed by atoms with Gasteiger partial charge >= 0.3 is 16.9 Å². The lowest BCUT2D eigenvalue weighted by Gasteiger charge is -2.08. The molecule has 0 aromatic carbocycles. The lowest BCUT2D eigenvalue weighted by molar-refractivity contribution is -0.386. The molecule has 1 aromatic rings. The third-order valence-electron chi connectivity index (χ3n) is 2.38. The summed E-state index contributed by atoms with van der Waals surface area (Å²) in [5.41, 5.74) is -1.65. The summed E-state index contributed by atoms with van der Waals surface area (Å²) >= 11 is 0. The van der Waals surface area contributed by atoms with Crippen LogP contribution < -0.4 is 16.6 Å². The van der Waals surface area contributed by atoms with Gasteiger partial charge in [0.1, 0.15) is 0 Å². The molecule has 104 valence electrons. The van der Waals surface area contributed by atoms with E-state index in [2.05, 4.69) is 11.9 Å². The summed E-state index contributed by atoms with van der Waals surface area (Å²) in [4.78, 5) is 34.4. The molecule has 1 aromatic heterocycles. The van der Waals surface area contributed by atoms with Gasteiger partial charge in [-0.15, -0.1) is 0 Å². The maximum atomic E-state index is 11.5. The predicted molar refractivity (Wildman–Crippen MR) is 70.3 cm³/mol. The molecular weight excluding hydrogens is 252 g/mol. The molecule has 0 saturated heterocycles. The summed E-state index contributed by atoms with van der Waals surface area (Å²) < 4.78 is 1.06. The van der Waals surface area contributed by atoms with Gasteiger partial charge in [0, 0.05) is 13.1 Å². The van der Waals surface area contributed by atoms with Crippen molar-refractivity contribution in [3.8, 4) is 0 Å². The van der Waals surface area contributed by atoms with Gasteiger partial charge in [0.05, 0.1) is 11.1 Å². The Hall–Kier alpha value is -2.22. The number of rotatable bonds is 7. The van der Waals surface area contributed by atoms with Gasteiger partial charge in [-0.1, -0.05) is 13.5 Å². The minimum Gasteiger partial charge on any atom is -0.313 e. The topological polar surface area (TPSA) is 110 Å². The Balaban J connectivity index is 2.87. The van der Waals surface area contributed by atoms with Crippen molar-refractivity contribution in [3.05, 3.63) is 49.3 Å². The lowest BCUT2D eigenvalue weighted by Crippen LogP contribution is -2.32. The summed E-state index contributed by atoms with van der Waals surface area (Å²) in [6.07, 6.45) is 1.91. The van der Waals surface area contributed by atoms with Gasteiger partial charge < -0.3 is 5.32 Å². The molecule has 0 aliphatic heterocycles. The number of H-pyrrole nitrogens is 1. The first-order valence-electron chi connectivity index (χ1n) is 5.81. The normalized spacial score (nSPS) is 10.4. The van der Waals surface area contributed by atoms with E-state index in [1.807, 2.05) is 11.9 Å². The highest BCUT2D eigenvalue weighted by atomic mass is 16.6. The van der Waals surface area contributed by atoms with Crippen LogP contribution in [-0.2, 0) is 6.54 Å². The van der Waals surface area contributed by atoms with Crippen molar-refractivity contribution in [2.75, 3.05) is 13.1 Å². The Bertz CT molecular complexity index is 587. The van der Waals surface area contributed by atoms with Gasteiger partial charge in [-0.25, -0.2) is 4.79 Å². The van der Waals surface area contributed by atoms with Crippen molar-refractivity contribution in [1.29, 1.82) is 0 Å². The Morgan fingerprint density at radius 2 is 2.26 bits per heavy atom.